The second-order valence-electron chi connectivity index (χ2n) is 4.06. The van der Waals surface area contributed by atoms with Gasteiger partial charge in [-0.15, -0.1) is 0 Å². The Bertz CT molecular complexity index is 588. The van der Waals surface area contributed by atoms with Crippen LogP contribution in [0.2, 0.25) is 10.0 Å². The van der Waals surface area contributed by atoms with Gasteiger partial charge in [-0.25, -0.2) is 0 Å². The number of nitrogens with one attached hydrogen (secondary N) is 1. The first kappa shape index (κ1) is 13.8. The molecule has 0 aliphatic carbocycles. The van der Waals surface area contributed by atoms with Gasteiger partial charge in [0.1, 0.15) is 5.75 Å². The van der Waals surface area contributed by atoms with Gasteiger partial charge in [-0.05, 0) is 29.8 Å². The fraction of sp³-hybridized carbons (Fsp3) is 0.143. The summed E-state index contributed by atoms with van der Waals surface area (Å²) in [6, 6.07) is 11.0. The molecule has 0 saturated carbocycles. The van der Waals surface area contributed by atoms with E-state index in [4.69, 9.17) is 33.7 Å². The predicted octanol–water partition coefficient (Wildman–Crippen LogP) is 4.20. The molecule has 2 aromatic carbocycles. The van der Waals surface area contributed by atoms with Crippen molar-refractivity contribution in [1.29, 1.82) is 0 Å². The van der Waals surface area contributed by atoms with Gasteiger partial charge in [0, 0.05) is 18.3 Å². The molecule has 0 unspecified atom stereocenters. The van der Waals surface area contributed by atoms with Gasteiger partial charge in [0.15, 0.2) is 0 Å². The van der Waals surface area contributed by atoms with Crippen molar-refractivity contribution in [2.75, 3.05) is 18.2 Å². The molecule has 0 heterocycles. The molecular weight excluding hydrogens is 283 g/mol. The van der Waals surface area contributed by atoms with E-state index in [9.17, 15) is 0 Å². The third-order valence-corrected chi connectivity index (χ3v) is 3.43. The Labute approximate surface area is 122 Å². The molecule has 0 fully saturated rings. The fourth-order valence-electron chi connectivity index (χ4n) is 1.70. The van der Waals surface area contributed by atoms with Crippen molar-refractivity contribution in [3.63, 3.8) is 0 Å². The zero-order chi connectivity index (χ0) is 13.8. The summed E-state index contributed by atoms with van der Waals surface area (Å²) < 4.78 is 5.27. The van der Waals surface area contributed by atoms with E-state index >= 15 is 0 Å². The van der Waals surface area contributed by atoms with Crippen LogP contribution in [0.25, 0.3) is 0 Å². The van der Waals surface area contributed by atoms with Crippen LogP contribution in [-0.2, 0) is 6.54 Å². The second kappa shape index (κ2) is 6.04. The van der Waals surface area contributed by atoms with Crippen LogP contribution in [0, 0.1) is 0 Å². The van der Waals surface area contributed by atoms with Gasteiger partial charge in [-0.2, -0.15) is 0 Å². The summed E-state index contributed by atoms with van der Waals surface area (Å²) in [7, 11) is 1.61. The lowest BCUT2D eigenvalue weighted by molar-refractivity contribution is 0.416. The van der Waals surface area contributed by atoms with Crippen LogP contribution in [0.1, 0.15) is 5.56 Å². The number of hydrogen-bond acceptors (Lipinski definition) is 3. The molecule has 0 amide bonds. The van der Waals surface area contributed by atoms with Gasteiger partial charge in [-0.1, -0.05) is 29.3 Å². The Kier molecular flexibility index (Phi) is 4.40. The number of anilines is 2. The molecular formula is C14H14Cl2N2O. The SMILES string of the molecule is COc1cc(N)ccc1NCc1ccc(Cl)c(Cl)c1. The third-order valence-electron chi connectivity index (χ3n) is 2.69. The Hall–Kier alpha value is -1.58. The minimum absolute atomic E-state index is 0.547. The van der Waals surface area contributed by atoms with Crippen LogP contribution in [-0.4, -0.2) is 7.11 Å². The van der Waals surface area contributed by atoms with E-state index in [1.807, 2.05) is 24.3 Å². The maximum absolute atomic E-state index is 5.97. The Morgan fingerprint density at radius 3 is 2.58 bits per heavy atom. The molecule has 5 heteroatoms. The van der Waals surface area contributed by atoms with E-state index < -0.39 is 0 Å². The number of methoxy groups -OCH3 is 1. The average molecular weight is 297 g/mol. The summed E-state index contributed by atoms with van der Waals surface area (Å²) in [5, 5.41) is 4.37. The van der Waals surface area contributed by atoms with Gasteiger partial charge >= 0.3 is 0 Å². The smallest absolute Gasteiger partial charge is 0.144 e. The van der Waals surface area contributed by atoms with Gasteiger partial charge in [0.05, 0.1) is 22.8 Å². The van der Waals surface area contributed by atoms with Gasteiger partial charge in [0.25, 0.3) is 0 Å². The van der Waals surface area contributed by atoms with Crippen LogP contribution in [0.5, 0.6) is 5.75 Å². The van der Waals surface area contributed by atoms with Crippen molar-refractivity contribution in [2.45, 2.75) is 6.54 Å². The first-order chi connectivity index (χ1) is 9.10. The largest absolute Gasteiger partial charge is 0.495 e. The summed E-state index contributed by atoms with van der Waals surface area (Å²) in [6.07, 6.45) is 0. The summed E-state index contributed by atoms with van der Waals surface area (Å²) in [6.45, 7) is 0.622. The van der Waals surface area contributed by atoms with Crippen LogP contribution < -0.4 is 15.8 Å². The van der Waals surface area contributed by atoms with E-state index in [-0.39, 0.29) is 0 Å². The highest BCUT2D eigenvalue weighted by atomic mass is 35.5. The Balaban J connectivity index is 2.12. The van der Waals surface area contributed by atoms with E-state index in [0.717, 1.165) is 11.3 Å². The molecule has 2 rings (SSSR count). The lowest BCUT2D eigenvalue weighted by Gasteiger charge is -2.12. The number of hydrogen-bond donors (Lipinski definition) is 2. The predicted molar refractivity (Wildman–Crippen MR) is 81.2 cm³/mol. The fourth-order valence-corrected chi connectivity index (χ4v) is 2.02. The Morgan fingerprint density at radius 2 is 1.89 bits per heavy atom. The minimum atomic E-state index is 0.547. The maximum atomic E-state index is 5.97. The molecule has 0 aromatic heterocycles. The molecule has 0 bridgehead atoms. The van der Waals surface area contributed by atoms with Crippen molar-refractivity contribution in [1.82, 2.24) is 0 Å². The summed E-state index contributed by atoms with van der Waals surface area (Å²) in [4.78, 5) is 0. The second-order valence-corrected chi connectivity index (χ2v) is 4.88. The first-order valence-corrected chi connectivity index (χ1v) is 6.47. The lowest BCUT2D eigenvalue weighted by Crippen LogP contribution is -2.02. The van der Waals surface area contributed by atoms with Gasteiger partial charge in [-0.3, -0.25) is 0 Å². The standard InChI is InChI=1S/C14H14Cl2N2O/c1-19-14-7-10(17)3-5-13(14)18-8-9-2-4-11(15)12(16)6-9/h2-7,18H,8,17H2,1H3. The van der Waals surface area contributed by atoms with E-state index in [1.165, 1.54) is 0 Å². The quantitative estimate of drug-likeness (QED) is 0.832. The zero-order valence-electron chi connectivity index (χ0n) is 10.4. The number of nitrogens with two attached hydrogens (primary N) is 1. The Morgan fingerprint density at radius 1 is 1.11 bits per heavy atom. The van der Waals surface area contributed by atoms with Crippen molar-refractivity contribution >= 4 is 34.6 Å². The molecule has 0 atom stereocenters. The van der Waals surface area contributed by atoms with E-state index in [1.54, 1.807) is 19.2 Å². The maximum Gasteiger partial charge on any atom is 0.144 e. The van der Waals surface area contributed by atoms with Crippen LogP contribution in [0.4, 0.5) is 11.4 Å². The van der Waals surface area contributed by atoms with Crippen molar-refractivity contribution in [3.8, 4) is 5.75 Å². The lowest BCUT2D eigenvalue weighted by atomic mass is 10.2. The molecule has 2 aromatic rings. The molecule has 0 radical (unpaired) electrons. The highest BCUT2D eigenvalue weighted by molar-refractivity contribution is 6.42. The summed E-state index contributed by atoms with van der Waals surface area (Å²) in [5.41, 5.74) is 8.28. The highest BCUT2D eigenvalue weighted by Gasteiger charge is 2.04. The number of nitrogen functional groups attached to an aromatic ring is 1. The number of halogens is 2. The molecule has 0 aliphatic heterocycles. The van der Waals surface area contributed by atoms with Crippen molar-refractivity contribution < 1.29 is 4.74 Å². The van der Waals surface area contributed by atoms with Crippen molar-refractivity contribution in [3.05, 3.63) is 52.0 Å². The zero-order valence-corrected chi connectivity index (χ0v) is 11.9. The monoisotopic (exact) mass is 296 g/mol. The van der Waals surface area contributed by atoms with Gasteiger partial charge in [0.2, 0.25) is 0 Å². The molecule has 0 aliphatic rings. The summed E-state index contributed by atoms with van der Waals surface area (Å²) in [5.74, 6) is 0.708. The molecule has 0 spiro atoms. The highest BCUT2D eigenvalue weighted by Crippen LogP contribution is 2.28. The molecule has 19 heavy (non-hydrogen) atoms. The van der Waals surface area contributed by atoms with Crippen LogP contribution >= 0.6 is 23.2 Å². The molecule has 3 N–H and O–H groups in total. The number of benzene rings is 2. The molecule has 100 valence electrons. The van der Waals surface area contributed by atoms with Crippen LogP contribution in [0.15, 0.2) is 36.4 Å². The van der Waals surface area contributed by atoms with Gasteiger partial charge < -0.3 is 15.8 Å². The first-order valence-electron chi connectivity index (χ1n) is 5.71. The number of rotatable bonds is 4. The number of ether oxygens (including phenoxy) is 1. The normalized spacial score (nSPS) is 10.3. The molecule has 3 nitrogen and oxygen atoms in total. The van der Waals surface area contributed by atoms with Crippen LogP contribution in [0.3, 0.4) is 0 Å². The van der Waals surface area contributed by atoms with E-state index in [2.05, 4.69) is 5.32 Å². The average Bonchev–Trinajstić information content (AvgIpc) is 2.41. The molecule has 0 saturated heterocycles. The summed E-state index contributed by atoms with van der Waals surface area (Å²) >= 11 is 11.9. The van der Waals surface area contributed by atoms with Crippen molar-refractivity contribution in [2.24, 2.45) is 0 Å². The third kappa shape index (κ3) is 3.46. The van der Waals surface area contributed by atoms with E-state index in [0.29, 0.717) is 28.0 Å². The topological polar surface area (TPSA) is 47.3 Å². The minimum Gasteiger partial charge on any atom is -0.495 e.